The van der Waals surface area contributed by atoms with Crippen LogP contribution in [0.2, 0.25) is 0 Å². The van der Waals surface area contributed by atoms with Gasteiger partial charge in [0.1, 0.15) is 11.9 Å². The van der Waals surface area contributed by atoms with E-state index in [0.717, 1.165) is 77.8 Å². The molecule has 2 aromatic carbocycles. The number of rotatable bonds is 7. The minimum Gasteiger partial charge on any atom is -0.489 e. The van der Waals surface area contributed by atoms with Crippen molar-refractivity contribution in [3.8, 4) is 5.75 Å². The molecule has 1 fully saturated rings. The van der Waals surface area contributed by atoms with Crippen molar-refractivity contribution >= 4 is 27.5 Å². The maximum Gasteiger partial charge on any atom is 0.335 e. The standard InChI is InChI=1S/C25H27BrFNO3/c26-23-7-2-4-17-14-19(25(29)30)8-9-22(17)24(23)18-5-1-6-20(15-18)31-21-10-13-28(16-21)12-3-11-27/h1,5-6,8-9,14-15,21H,2-4,7,10-13,16H2,(H,29,30). The summed E-state index contributed by atoms with van der Waals surface area (Å²) >= 11 is 3.79. The van der Waals surface area contributed by atoms with E-state index in [-0.39, 0.29) is 12.8 Å². The number of hydrogen-bond donors (Lipinski definition) is 1. The Hall–Kier alpha value is -2.18. The highest BCUT2D eigenvalue weighted by Gasteiger charge is 2.24. The molecular formula is C25H27BrFNO3. The van der Waals surface area contributed by atoms with E-state index in [2.05, 4.69) is 33.0 Å². The minimum atomic E-state index is -0.899. The van der Waals surface area contributed by atoms with Crippen LogP contribution in [0.4, 0.5) is 4.39 Å². The van der Waals surface area contributed by atoms with Crippen LogP contribution in [0.3, 0.4) is 0 Å². The van der Waals surface area contributed by atoms with Crippen molar-refractivity contribution in [2.45, 2.75) is 38.2 Å². The lowest BCUT2D eigenvalue weighted by atomic mass is 9.92. The maximum absolute atomic E-state index is 12.4. The third-order valence-electron chi connectivity index (χ3n) is 6.00. The minimum absolute atomic E-state index is 0.117. The Kier molecular flexibility index (Phi) is 7.08. The third kappa shape index (κ3) is 5.18. The summed E-state index contributed by atoms with van der Waals surface area (Å²) in [5.41, 5.74) is 4.63. The summed E-state index contributed by atoms with van der Waals surface area (Å²) in [4.78, 5) is 13.7. The van der Waals surface area contributed by atoms with Crippen molar-refractivity contribution in [1.82, 2.24) is 4.90 Å². The molecule has 4 nitrogen and oxygen atoms in total. The van der Waals surface area contributed by atoms with E-state index in [1.807, 2.05) is 18.2 Å². The number of carboxylic acid groups (broad SMARTS) is 1. The Labute approximate surface area is 190 Å². The molecule has 2 aromatic rings. The van der Waals surface area contributed by atoms with E-state index in [9.17, 15) is 14.3 Å². The second-order valence-corrected chi connectivity index (χ2v) is 9.17. The first-order valence-electron chi connectivity index (χ1n) is 10.9. The third-order valence-corrected chi connectivity index (χ3v) is 6.79. The number of halogens is 2. The smallest absolute Gasteiger partial charge is 0.335 e. The average Bonchev–Trinajstić information content (AvgIpc) is 3.13. The molecule has 1 N–H and O–H groups in total. The van der Waals surface area contributed by atoms with Gasteiger partial charge < -0.3 is 9.84 Å². The van der Waals surface area contributed by atoms with E-state index >= 15 is 0 Å². The first-order chi connectivity index (χ1) is 15.0. The van der Waals surface area contributed by atoms with E-state index in [1.165, 1.54) is 0 Å². The first kappa shape index (κ1) is 22.0. The summed E-state index contributed by atoms with van der Waals surface area (Å²) in [6.07, 6.45) is 4.36. The highest BCUT2D eigenvalue weighted by molar-refractivity contribution is 9.11. The van der Waals surface area contributed by atoms with Gasteiger partial charge in [0.25, 0.3) is 0 Å². The fraction of sp³-hybridized carbons (Fsp3) is 0.400. The van der Waals surface area contributed by atoms with Crippen molar-refractivity contribution in [1.29, 1.82) is 0 Å². The van der Waals surface area contributed by atoms with Gasteiger partial charge in [-0.05, 0) is 78.6 Å². The lowest BCUT2D eigenvalue weighted by Crippen LogP contribution is -2.26. The second-order valence-electron chi connectivity index (χ2n) is 8.21. The molecule has 0 saturated carbocycles. The molecule has 0 aromatic heterocycles. The summed E-state index contributed by atoms with van der Waals surface area (Å²) in [7, 11) is 0. The molecule has 0 spiro atoms. The zero-order valence-electron chi connectivity index (χ0n) is 17.4. The molecule has 1 aliphatic heterocycles. The van der Waals surface area contributed by atoms with E-state index in [0.29, 0.717) is 12.0 Å². The Bertz CT molecular complexity index is 990. The molecule has 1 heterocycles. The van der Waals surface area contributed by atoms with Gasteiger partial charge in [0.05, 0.1) is 12.2 Å². The molecule has 0 radical (unpaired) electrons. The number of aryl methyl sites for hydroxylation is 1. The summed E-state index contributed by atoms with van der Waals surface area (Å²) in [5.74, 6) is -0.0697. The summed E-state index contributed by atoms with van der Waals surface area (Å²) in [5, 5.41) is 9.37. The molecular weight excluding hydrogens is 461 g/mol. The Balaban J connectivity index is 1.58. The fourth-order valence-electron chi connectivity index (χ4n) is 4.49. The molecule has 4 rings (SSSR count). The zero-order valence-corrected chi connectivity index (χ0v) is 19.0. The number of carboxylic acids is 1. The normalized spacial score (nSPS) is 19.2. The van der Waals surface area contributed by atoms with Gasteiger partial charge in [-0.15, -0.1) is 0 Å². The number of nitrogens with zero attached hydrogens (tertiary/aromatic N) is 1. The van der Waals surface area contributed by atoms with Crippen molar-refractivity contribution in [3.63, 3.8) is 0 Å². The van der Waals surface area contributed by atoms with Gasteiger partial charge in [0, 0.05) is 24.1 Å². The Morgan fingerprint density at radius 2 is 2.10 bits per heavy atom. The number of ether oxygens (including phenoxy) is 1. The number of likely N-dealkylation sites (tertiary alicyclic amines) is 1. The van der Waals surface area contributed by atoms with Gasteiger partial charge in [0.15, 0.2) is 0 Å². The zero-order chi connectivity index (χ0) is 21.8. The van der Waals surface area contributed by atoms with Crippen LogP contribution in [-0.4, -0.2) is 48.4 Å². The summed E-state index contributed by atoms with van der Waals surface area (Å²) in [6.45, 7) is 2.28. The van der Waals surface area contributed by atoms with Crippen LogP contribution in [0.5, 0.6) is 5.75 Å². The Morgan fingerprint density at radius 1 is 1.23 bits per heavy atom. The number of aromatic carboxylic acids is 1. The van der Waals surface area contributed by atoms with Crippen molar-refractivity contribution < 1.29 is 19.0 Å². The van der Waals surface area contributed by atoms with Gasteiger partial charge in [-0.1, -0.05) is 34.1 Å². The summed E-state index contributed by atoms with van der Waals surface area (Å²) in [6, 6.07) is 13.5. The molecule has 164 valence electrons. The van der Waals surface area contributed by atoms with Crippen molar-refractivity contribution in [2.75, 3.05) is 26.3 Å². The molecule has 31 heavy (non-hydrogen) atoms. The van der Waals surface area contributed by atoms with Gasteiger partial charge >= 0.3 is 5.97 Å². The van der Waals surface area contributed by atoms with Gasteiger partial charge in [0.2, 0.25) is 0 Å². The monoisotopic (exact) mass is 487 g/mol. The van der Waals surface area contributed by atoms with Crippen LogP contribution in [-0.2, 0) is 6.42 Å². The fourth-order valence-corrected chi connectivity index (χ4v) is 5.21. The van der Waals surface area contributed by atoms with E-state index in [4.69, 9.17) is 4.74 Å². The predicted molar refractivity (Wildman–Crippen MR) is 124 cm³/mol. The van der Waals surface area contributed by atoms with Crippen LogP contribution in [0.1, 0.15) is 52.7 Å². The number of benzene rings is 2. The highest BCUT2D eigenvalue weighted by atomic mass is 79.9. The van der Waals surface area contributed by atoms with E-state index in [1.54, 1.807) is 12.1 Å². The van der Waals surface area contributed by atoms with E-state index < -0.39 is 5.97 Å². The average molecular weight is 488 g/mol. The van der Waals surface area contributed by atoms with Crippen molar-refractivity contribution in [3.05, 3.63) is 69.2 Å². The lowest BCUT2D eigenvalue weighted by molar-refractivity contribution is 0.0696. The van der Waals surface area contributed by atoms with Crippen LogP contribution >= 0.6 is 15.9 Å². The SMILES string of the molecule is O=C(O)c1ccc2c(c1)CCCC(Br)=C2c1cccc(OC2CCN(CCCF)C2)c1. The van der Waals surface area contributed by atoms with Crippen LogP contribution < -0.4 is 4.74 Å². The van der Waals surface area contributed by atoms with Crippen molar-refractivity contribution in [2.24, 2.45) is 0 Å². The number of fused-ring (bicyclic) bond motifs is 1. The first-order valence-corrected chi connectivity index (χ1v) is 11.6. The van der Waals surface area contributed by atoms with Gasteiger partial charge in [-0.2, -0.15) is 0 Å². The lowest BCUT2D eigenvalue weighted by Gasteiger charge is -2.18. The summed E-state index contributed by atoms with van der Waals surface area (Å²) < 4.78 is 19.8. The number of hydrogen-bond acceptors (Lipinski definition) is 3. The molecule has 1 unspecified atom stereocenters. The Morgan fingerprint density at radius 3 is 2.90 bits per heavy atom. The number of alkyl halides is 1. The maximum atomic E-state index is 12.4. The molecule has 1 saturated heterocycles. The molecule has 1 atom stereocenters. The van der Waals surface area contributed by atoms with Crippen LogP contribution in [0.25, 0.3) is 5.57 Å². The highest BCUT2D eigenvalue weighted by Crippen LogP contribution is 2.39. The van der Waals surface area contributed by atoms with Gasteiger partial charge in [-0.25, -0.2) is 4.79 Å². The molecule has 6 heteroatoms. The molecule has 2 aliphatic rings. The van der Waals surface area contributed by atoms with Gasteiger partial charge in [-0.3, -0.25) is 9.29 Å². The number of allylic oxidation sites excluding steroid dienone is 1. The second kappa shape index (κ2) is 9.96. The quantitative estimate of drug-likeness (QED) is 0.544. The molecule has 0 amide bonds. The predicted octanol–water partition coefficient (Wildman–Crippen LogP) is 5.69. The topological polar surface area (TPSA) is 49.8 Å². The largest absolute Gasteiger partial charge is 0.489 e. The molecule has 0 bridgehead atoms. The van der Waals surface area contributed by atoms with Crippen LogP contribution in [0, 0.1) is 0 Å². The number of carbonyl (C=O) groups is 1. The van der Waals surface area contributed by atoms with Crippen LogP contribution in [0.15, 0.2) is 46.9 Å². The molecule has 1 aliphatic carbocycles.